The van der Waals surface area contributed by atoms with Gasteiger partial charge in [0.25, 0.3) is 0 Å². The summed E-state index contributed by atoms with van der Waals surface area (Å²) in [6.45, 7) is 2.14. The van der Waals surface area contributed by atoms with Crippen LogP contribution in [0.15, 0.2) is 78.0 Å². The average molecular weight is 369 g/mol. The molecule has 0 aliphatic carbocycles. The summed E-state index contributed by atoms with van der Waals surface area (Å²) in [7, 11) is 0. The van der Waals surface area contributed by atoms with Crippen LogP contribution in [-0.2, 0) is 14.3 Å². The normalized spacial score (nSPS) is 19.2. The van der Waals surface area contributed by atoms with E-state index in [1.807, 2.05) is 61.5 Å². The molecule has 2 aliphatic heterocycles. The van der Waals surface area contributed by atoms with E-state index in [0.29, 0.717) is 11.3 Å². The Kier molecular flexibility index (Phi) is 3.79. The van der Waals surface area contributed by atoms with Gasteiger partial charge in [0.1, 0.15) is 6.61 Å². The first kappa shape index (κ1) is 16.8. The molecule has 0 aromatic heterocycles. The summed E-state index contributed by atoms with van der Waals surface area (Å²) in [6.07, 6.45) is 0.250. The molecule has 0 saturated carbocycles. The highest BCUT2D eigenvalue weighted by atomic mass is 16.5. The number of cyclic esters (lactones) is 1. The maximum atomic E-state index is 13.1. The second-order valence-electron chi connectivity index (χ2n) is 7.36. The molecule has 28 heavy (non-hydrogen) atoms. The highest BCUT2D eigenvalue weighted by molar-refractivity contribution is 6.06. The molecule has 5 rings (SSSR count). The third kappa shape index (κ3) is 2.61. The SMILES string of the molecule is Cc1ccc(N2C(=O)CC(c3ccc4ccccc4c3)C3=C2COC3=O)cc1. The zero-order valence-corrected chi connectivity index (χ0v) is 15.5. The Hall–Kier alpha value is -3.40. The van der Waals surface area contributed by atoms with Crippen LogP contribution in [0.2, 0.25) is 0 Å². The van der Waals surface area contributed by atoms with Crippen molar-refractivity contribution in [3.8, 4) is 0 Å². The topological polar surface area (TPSA) is 46.6 Å². The Morgan fingerprint density at radius 2 is 1.68 bits per heavy atom. The molecule has 3 aromatic carbocycles. The van der Waals surface area contributed by atoms with Crippen molar-refractivity contribution in [3.05, 3.63) is 89.1 Å². The van der Waals surface area contributed by atoms with Gasteiger partial charge in [-0.3, -0.25) is 9.69 Å². The predicted octanol–water partition coefficient (Wildman–Crippen LogP) is 4.48. The second-order valence-corrected chi connectivity index (χ2v) is 7.36. The molecule has 0 radical (unpaired) electrons. The number of amides is 1. The van der Waals surface area contributed by atoms with Gasteiger partial charge < -0.3 is 4.74 Å². The fraction of sp³-hybridized carbons (Fsp3) is 0.167. The minimum Gasteiger partial charge on any atom is -0.456 e. The van der Waals surface area contributed by atoms with Gasteiger partial charge >= 0.3 is 5.97 Å². The molecule has 0 N–H and O–H groups in total. The quantitative estimate of drug-likeness (QED) is 0.626. The average Bonchev–Trinajstić information content (AvgIpc) is 3.09. The lowest BCUT2D eigenvalue weighted by atomic mass is 9.83. The number of fused-ring (bicyclic) bond motifs is 1. The smallest absolute Gasteiger partial charge is 0.336 e. The van der Waals surface area contributed by atoms with Crippen molar-refractivity contribution in [1.29, 1.82) is 0 Å². The van der Waals surface area contributed by atoms with Crippen molar-refractivity contribution in [1.82, 2.24) is 0 Å². The predicted molar refractivity (Wildman–Crippen MR) is 108 cm³/mol. The van der Waals surface area contributed by atoms with E-state index in [0.717, 1.165) is 27.6 Å². The molecule has 4 nitrogen and oxygen atoms in total. The molecule has 0 saturated heterocycles. The van der Waals surface area contributed by atoms with Crippen molar-refractivity contribution < 1.29 is 14.3 Å². The van der Waals surface area contributed by atoms with Crippen molar-refractivity contribution in [3.63, 3.8) is 0 Å². The standard InChI is InChI=1S/C24H19NO3/c1-15-6-10-19(11-7-15)25-21-14-28-24(27)23(21)20(13-22(25)26)18-9-8-16-4-2-3-5-17(16)12-18/h2-12,20H,13-14H2,1H3. The molecule has 0 spiro atoms. The number of aryl methyl sites for hydroxylation is 1. The van der Waals surface area contributed by atoms with Crippen LogP contribution < -0.4 is 4.90 Å². The summed E-state index contributed by atoms with van der Waals surface area (Å²) in [5.41, 5.74) is 4.15. The summed E-state index contributed by atoms with van der Waals surface area (Å²) in [5.74, 6) is -0.611. The van der Waals surface area contributed by atoms with E-state index < -0.39 is 0 Å². The summed E-state index contributed by atoms with van der Waals surface area (Å²) in [5, 5.41) is 2.24. The third-order valence-corrected chi connectivity index (χ3v) is 5.59. The van der Waals surface area contributed by atoms with E-state index in [2.05, 4.69) is 12.1 Å². The monoisotopic (exact) mass is 369 g/mol. The summed E-state index contributed by atoms with van der Waals surface area (Å²) in [4.78, 5) is 27.3. The number of benzene rings is 3. The van der Waals surface area contributed by atoms with Crippen LogP contribution in [0.25, 0.3) is 10.8 Å². The summed E-state index contributed by atoms with van der Waals surface area (Å²) in [6, 6.07) is 22.0. The minimum absolute atomic E-state index is 0.0148. The number of hydrogen-bond acceptors (Lipinski definition) is 3. The number of nitrogens with zero attached hydrogens (tertiary/aromatic N) is 1. The number of ether oxygens (including phenoxy) is 1. The van der Waals surface area contributed by atoms with Gasteiger partial charge in [-0.1, -0.05) is 60.2 Å². The lowest BCUT2D eigenvalue weighted by Crippen LogP contribution is -2.37. The van der Waals surface area contributed by atoms with Crippen LogP contribution >= 0.6 is 0 Å². The molecule has 1 unspecified atom stereocenters. The first-order valence-electron chi connectivity index (χ1n) is 9.40. The summed E-state index contributed by atoms with van der Waals surface area (Å²) < 4.78 is 5.36. The lowest BCUT2D eigenvalue weighted by molar-refractivity contribution is -0.136. The van der Waals surface area contributed by atoms with Crippen molar-refractivity contribution in [2.24, 2.45) is 0 Å². The second kappa shape index (κ2) is 6.34. The number of carbonyl (C=O) groups is 2. The molecular formula is C24H19NO3. The maximum absolute atomic E-state index is 13.1. The van der Waals surface area contributed by atoms with E-state index in [1.54, 1.807) is 4.90 Å². The fourth-order valence-corrected chi connectivity index (χ4v) is 4.16. The minimum atomic E-state index is -0.322. The van der Waals surface area contributed by atoms with Crippen LogP contribution in [0.1, 0.15) is 23.5 Å². The van der Waals surface area contributed by atoms with Crippen molar-refractivity contribution >= 4 is 28.3 Å². The van der Waals surface area contributed by atoms with Gasteiger partial charge in [-0.2, -0.15) is 0 Å². The number of esters is 1. The number of rotatable bonds is 2. The Morgan fingerprint density at radius 1 is 0.929 bits per heavy atom. The van der Waals surface area contributed by atoms with Crippen molar-refractivity contribution in [2.45, 2.75) is 19.3 Å². The first-order chi connectivity index (χ1) is 13.6. The molecule has 4 heteroatoms. The molecule has 0 fully saturated rings. The first-order valence-corrected chi connectivity index (χ1v) is 9.40. The Morgan fingerprint density at radius 3 is 2.46 bits per heavy atom. The van der Waals surface area contributed by atoms with Gasteiger partial charge in [0.05, 0.1) is 11.3 Å². The van der Waals surface area contributed by atoms with Gasteiger partial charge in [-0.05, 0) is 35.4 Å². The van der Waals surface area contributed by atoms with Crippen LogP contribution in [0.4, 0.5) is 5.69 Å². The molecule has 1 atom stereocenters. The maximum Gasteiger partial charge on any atom is 0.336 e. The Labute approximate surface area is 163 Å². The fourth-order valence-electron chi connectivity index (χ4n) is 4.16. The molecule has 3 aromatic rings. The summed E-state index contributed by atoms with van der Waals surface area (Å²) >= 11 is 0. The van der Waals surface area contributed by atoms with Gasteiger partial charge in [-0.25, -0.2) is 4.79 Å². The zero-order chi connectivity index (χ0) is 19.3. The molecule has 2 aliphatic rings. The van der Waals surface area contributed by atoms with Crippen LogP contribution in [0.5, 0.6) is 0 Å². The van der Waals surface area contributed by atoms with Gasteiger partial charge in [-0.15, -0.1) is 0 Å². The van der Waals surface area contributed by atoms with Crippen LogP contribution in [0.3, 0.4) is 0 Å². The van der Waals surface area contributed by atoms with Crippen LogP contribution in [0, 0.1) is 6.92 Å². The third-order valence-electron chi connectivity index (χ3n) is 5.59. The lowest BCUT2D eigenvalue weighted by Gasteiger charge is -2.32. The number of hydrogen-bond donors (Lipinski definition) is 0. The molecule has 1 amide bonds. The zero-order valence-electron chi connectivity index (χ0n) is 15.5. The highest BCUT2D eigenvalue weighted by Crippen LogP contribution is 2.42. The molecule has 2 heterocycles. The largest absolute Gasteiger partial charge is 0.456 e. The molecular weight excluding hydrogens is 350 g/mol. The van der Waals surface area contributed by atoms with E-state index in [9.17, 15) is 9.59 Å². The van der Waals surface area contributed by atoms with E-state index in [4.69, 9.17) is 4.74 Å². The van der Waals surface area contributed by atoms with E-state index in [-0.39, 0.29) is 30.8 Å². The number of anilines is 1. The van der Waals surface area contributed by atoms with E-state index >= 15 is 0 Å². The van der Waals surface area contributed by atoms with Crippen molar-refractivity contribution in [2.75, 3.05) is 11.5 Å². The van der Waals surface area contributed by atoms with Gasteiger partial charge in [0.2, 0.25) is 5.91 Å². The Balaban J connectivity index is 1.63. The highest BCUT2D eigenvalue weighted by Gasteiger charge is 2.42. The van der Waals surface area contributed by atoms with Gasteiger partial charge in [0, 0.05) is 18.0 Å². The van der Waals surface area contributed by atoms with Gasteiger partial charge in [0.15, 0.2) is 0 Å². The number of carbonyl (C=O) groups excluding carboxylic acids is 2. The Bertz CT molecular complexity index is 1140. The molecule has 138 valence electrons. The van der Waals surface area contributed by atoms with Crippen LogP contribution in [-0.4, -0.2) is 18.5 Å². The van der Waals surface area contributed by atoms with E-state index in [1.165, 1.54) is 0 Å². The molecule has 0 bridgehead atoms.